The van der Waals surface area contributed by atoms with Gasteiger partial charge in [0.1, 0.15) is 5.69 Å². The van der Waals surface area contributed by atoms with Gasteiger partial charge in [-0.25, -0.2) is 9.97 Å². The van der Waals surface area contributed by atoms with Crippen LogP contribution in [0.25, 0.3) is 0 Å². The molecule has 0 aliphatic heterocycles. The van der Waals surface area contributed by atoms with E-state index >= 15 is 0 Å². The van der Waals surface area contributed by atoms with E-state index in [0.717, 1.165) is 5.56 Å². The molecule has 0 radical (unpaired) electrons. The molecule has 21 heavy (non-hydrogen) atoms. The minimum absolute atomic E-state index is 0.246. The second-order valence-electron chi connectivity index (χ2n) is 4.30. The van der Waals surface area contributed by atoms with Crippen LogP contribution in [-0.2, 0) is 6.54 Å². The normalized spacial score (nSPS) is 10.5. The van der Waals surface area contributed by atoms with Crippen LogP contribution in [0.15, 0.2) is 48.2 Å². The highest BCUT2D eigenvalue weighted by atomic mass is 32.1. The first-order valence-corrected chi connectivity index (χ1v) is 7.07. The fourth-order valence-corrected chi connectivity index (χ4v) is 2.47. The molecular weight excluding hydrogens is 291 g/mol. The summed E-state index contributed by atoms with van der Waals surface area (Å²) < 4.78 is 14.8. The number of thiazole rings is 1. The molecule has 0 saturated carbocycles. The second kappa shape index (κ2) is 5.84. The van der Waals surface area contributed by atoms with Gasteiger partial charge in [-0.05, 0) is 29.8 Å². The summed E-state index contributed by atoms with van der Waals surface area (Å²) in [5, 5.41) is 5.05. The van der Waals surface area contributed by atoms with Crippen molar-refractivity contribution >= 4 is 22.4 Å². The smallest absolute Gasteiger partial charge is 0.274 e. The van der Waals surface area contributed by atoms with E-state index in [2.05, 4.69) is 15.3 Å². The molecule has 3 rings (SSSR count). The minimum atomic E-state index is -0.534. The SMILES string of the molecule is O=C(Nc1nccs1)c1cccn1Cc1ccnc(F)c1. The zero-order valence-electron chi connectivity index (χ0n) is 10.9. The number of anilines is 1. The molecule has 3 aromatic heterocycles. The molecule has 0 aromatic carbocycles. The highest BCUT2D eigenvalue weighted by molar-refractivity contribution is 7.13. The van der Waals surface area contributed by atoms with Crippen LogP contribution < -0.4 is 5.32 Å². The number of nitrogens with zero attached hydrogens (tertiary/aromatic N) is 3. The lowest BCUT2D eigenvalue weighted by atomic mass is 10.2. The molecule has 1 N–H and O–H groups in total. The highest BCUT2D eigenvalue weighted by Gasteiger charge is 2.12. The van der Waals surface area contributed by atoms with Gasteiger partial charge in [-0.1, -0.05) is 0 Å². The first-order chi connectivity index (χ1) is 10.2. The zero-order valence-corrected chi connectivity index (χ0v) is 11.7. The predicted octanol–water partition coefficient (Wildman–Crippen LogP) is 2.78. The van der Waals surface area contributed by atoms with Gasteiger partial charge in [0.25, 0.3) is 5.91 Å². The van der Waals surface area contributed by atoms with Gasteiger partial charge in [-0.3, -0.25) is 10.1 Å². The Balaban J connectivity index is 1.79. The topological polar surface area (TPSA) is 59.8 Å². The van der Waals surface area contributed by atoms with Crippen molar-refractivity contribution in [2.45, 2.75) is 6.54 Å². The summed E-state index contributed by atoms with van der Waals surface area (Å²) in [5.41, 5.74) is 1.23. The molecule has 106 valence electrons. The third-order valence-electron chi connectivity index (χ3n) is 2.86. The average Bonchev–Trinajstić information content (AvgIpc) is 3.10. The Hall–Kier alpha value is -2.54. The van der Waals surface area contributed by atoms with Gasteiger partial charge >= 0.3 is 0 Å². The molecule has 0 bridgehead atoms. The molecule has 0 atom stereocenters. The third-order valence-corrected chi connectivity index (χ3v) is 3.55. The largest absolute Gasteiger partial charge is 0.339 e. The van der Waals surface area contributed by atoms with E-state index in [0.29, 0.717) is 17.4 Å². The predicted molar refractivity (Wildman–Crippen MR) is 77.8 cm³/mol. The molecule has 0 spiro atoms. The van der Waals surface area contributed by atoms with Crippen LogP contribution >= 0.6 is 11.3 Å². The lowest BCUT2D eigenvalue weighted by Crippen LogP contribution is -2.17. The van der Waals surface area contributed by atoms with Crippen LogP contribution in [0.2, 0.25) is 0 Å². The summed E-state index contributed by atoms with van der Waals surface area (Å²) in [6.45, 7) is 0.396. The maximum absolute atomic E-state index is 13.1. The lowest BCUT2D eigenvalue weighted by molar-refractivity contribution is 0.101. The van der Waals surface area contributed by atoms with Gasteiger partial charge in [0, 0.05) is 30.5 Å². The number of aromatic nitrogens is 3. The molecule has 7 heteroatoms. The Morgan fingerprint density at radius 1 is 1.33 bits per heavy atom. The fraction of sp³-hybridized carbons (Fsp3) is 0.0714. The Morgan fingerprint density at radius 2 is 2.24 bits per heavy atom. The number of hydrogen-bond acceptors (Lipinski definition) is 4. The van der Waals surface area contributed by atoms with E-state index in [4.69, 9.17) is 0 Å². The van der Waals surface area contributed by atoms with Crippen molar-refractivity contribution in [2.24, 2.45) is 0 Å². The van der Waals surface area contributed by atoms with E-state index in [-0.39, 0.29) is 5.91 Å². The summed E-state index contributed by atoms with van der Waals surface area (Å²) in [7, 11) is 0. The van der Waals surface area contributed by atoms with Crippen LogP contribution in [0.3, 0.4) is 0 Å². The Kier molecular flexibility index (Phi) is 3.74. The van der Waals surface area contributed by atoms with Crippen LogP contribution in [-0.4, -0.2) is 20.4 Å². The molecular formula is C14H11FN4OS. The van der Waals surface area contributed by atoms with E-state index in [1.165, 1.54) is 23.6 Å². The lowest BCUT2D eigenvalue weighted by Gasteiger charge is -2.08. The summed E-state index contributed by atoms with van der Waals surface area (Å²) >= 11 is 1.35. The van der Waals surface area contributed by atoms with Crippen LogP contribution in [0.5, 0.6) is 0 Å². The molecule has 3 heterocycles. The Morgan fingerprint density at radius 3 is 3.00 bits per heavy atom. The van der Waals surface area contributed by atoms with Crippen molar-refractivity contribution < 1.29 is 9.18 Å². The van der Waals surface area contributed by atoms with Gasteiger partial charge in [0.05, 0.1) is 0 Å². The van der Waals surface area contributed by atoms with Crippen LogP contribution in [0.4, 0.5) is 9.52 Å². The van der Waals surface area contributed by atoms with Crippen LogP contribution in [0.1, 0.15) is 16.1 Å². The van der Waals surface area contributed by atoms with Gasteiger partial charge in [0.15, 0.2) is 5.13 Å². The number of carbonyl (C=O) groups excluding carboxylic acids is 1. The fourth-order valence-electron chi connectivity index (χ4n) is 1.94. The van der Waals surface area contributed by atoms with Gasteiger partial charge < -0.3 is 4.57 Å². The number of carbonyl (C=O) groups is 1. The number of amides is 1. The minimum Gasteiger partial charge on any atom is -0.339 e. The molecule has 0 saturated heterocycles. The number of nitrogens with one attached hydrogen (secondary N) is 1. The number of halogens is 1. The quantitative estimate of drug-likeness (QED) is 0.754. The van der Waals surface area contributed by atoms with Crippen LogP contribution in [0, 0.1) is 5.95 Å². The van der Waals surface area contributed by atoms with Crippen molar-refractivity contribution in [2.75, 3.05) is 5.32 Å². The van der Waals surface area contributed by atoms with Crippen molar-refractivity contribution in [1.82, 2.24) is 14.5 Å². The van der Waals surface area contributed by atoms with Gasteiger partial charge in [-0.2, -0.15) is 4.39 Å². The van der Waals surface area contributed by atoms with Crippen molar-refractivity contribution in [3.8, 4) is 0 Å². The van der Waals surface area contributed by atoms with E-state index < -0.39 is 5.95 Å². The van der Waals surface area contributed by atoms with E-state index in [9.17, 15) is 9.18 Å². The molecule has 0 unspecified atom stereocenters. The van der Waals surface area contributed by atoms with Crippen molar-refractivity contribution in [3.05, 3.63) is 65.4 Å². The second-order valence-corrected chi connectivity index (χ2v) is 5.19. The standard InChI is InChI=1S/C14H11FN4OS/c15-12-8-10(3-4-16-12)9-19-6-1-2-11(19)13(20)18-14-17-5-7-21-14/h1-8H,9H2,(H,17,18,20). The first kappa shape index (κ1) is 13.4. The molecule has 0 aliphatic rings. The third kappa shape index (κ3) is 3.14. The van der Waals surface area contributed by atoms with E-state index in [1.807, 2.05) is 0 Å². The molecule has 1 amide bonds. The number of pyridine rings is 1. The highest BCUT2D eigenvalue weighted by Crippen LogP contribution is 2.14. The van der Waals surface area contributed by atoms with Gasteiger partial charge in [0.2, 0.25) is 5.95 Å². The summed E-state index contributed by atoms with van der Waals surface area (Å²) in [6, 6.07) is 6.54. The maximum Gasteiger partial charge on any atom is 0.274 e. The first-order valence-electron chi connectivity index (χ1n) is 6.19. The summed E-state index contributed by atoms with van der Waals surface area (Å²) in [5.74, 6) is -0.780. The number of rotatable bonds is 4. The molecule has 0 fully saturated rings. The van der Waals surface area contributed by atoms with Crippen molar-refractivity contribution in [3.63, 3.8) is 0 Å². The average molecular weight is 302 g/mol. The molecule has 3 aromatic rings. The molecule has 0 aliphatic carbocycles. The van der Waals surface area contributed by atoms with Gasteiger partial charge in [-0.15, -0.1) is 11.3 Å². The molecule has 5 nitrogen and oxygen atoms in total. The summed E-state index contributed by atoms with van der Waals surface area (Å²) in [6.07, 6.45) is 4.80. The zero-order chi connectivity index (χ0) is 14.7. The van der Waals surface area contributed by atoms with E-state index in [1.54, 1.807) is 40.5 Å². The Labute approximate surface area is 124 Å². The Bertz CT molecular complexity index is 754. The van der Waals surface area contributed by atoms with Crippen molar-refractivity contribution in [1.29, 1.82) is 0 Å². The summed E-state index contributed by atoms with van der Waals surface area (Å²) in [4.78, 5) is 19.7. The number of hydrogen-bond donors (Lipinski definition) is 1. The monoisotopic (exact) mass is 302 g/mol. The maximum atomic E-state index is 13.1.